The van der Waals surface area contributed by atoms with E-state index in [0.29, 0.717) is 12.0 Å². The fraction of sp³-hybridized carbons (Fsp3) is 0.556. The normalized spacial score (nSPS) is 11.8. The standard InChI is InChI=1S/C18H28N2O3/c1-4-12-20(13-5-2)16-9-7-15(8-10-16)18(22)14(3)6-11-17(21)19-23/h7-10,14,23H,4-6,11-13H2,1-3H3,(H,19,21). The third-order valence-electron chi connectivity index (χ3n) is 3.88. The number of rotatable bonds is 10. The molecule has 0 saturated heterocycles. The fourth-order valence-corrected chi connectivity index (χ4v) is 2.57. The predicted molar refractivity (Wildman–Crippen MR) is 91.9 cm³/mol. The summed E-state index contributed by atoms with van der Waals surface area (Å²) in [6.45, 7) is 8.14. The topological polar surface area (TPSA) is 69.6 Å². The Morgan fingerprint density at radius 1 is 1.13 bits per heavy atom. The van der Waals surface area contributed by atoms with E-state index in [9.17, 15) is 9.59 Å². The van der Waals surface area contributed by atoms with E-state index in [4.69, 9.17) is 5.21 Å². The van der Waals surface area contributed by atoms with Crippen molar-refractivity contribution in [3.05, 3.63) is 29.8 Å². The smallest absolute Gasteiger partial charge is 0.243 e. The predicted octanol–water partition coefficient (Wildman–Crippen LogP) is 3.42. The van der Waals surface area contributed by atoms with Gasteiger partial charge in [0.1, 0.15) is 0 Å². The maximum Gasteiger partial charge on any atom is 0.243 e. The van der Waals surface area contributed by atoms with Gasteiger partial charge in [0.15, 0.2) is 5.78 Å². The van der Waals surface area contributed by atoms with Crippen molar-refractivity contribution in [1.82, 2.24) is 5.48 Å². The monoisotopic (exact) mass is 320 g/mol. The molecule has 0 aliphatic rings. The van der Waals surface area contributed by atoms with Gasteiger partial charge >= 0.3 is 0 Å². The first-order valence-corrected chi connectivity index (χ1v) is 8.35. The van der Waals surface area contributed by atoms with Crippen LogP contribution in [-0.4, -0.2) is 30.0 Å². The van der Waals surface area contributed by atoms with E-state index < -0.39 is 5.91 Å². The number of carbonyl (C=O) groups excluding carboxylic acids is 2. The van der Waals surface area contributed by atoms with Gasteiger partial charge in [-0.15, -0.1) is 0 Å². The highest BCUT2D eigenvalue weighted by atomic mass is 16.5. The lowest BCUT2D eigenvalue weighted by molar-refractivity contribution is -0.129. The minimum atomic E-state index is -0.463. The number of anilines is 1. The van der Waals surface area contributed by atoms with Crippen molar-refractivity contribution in [2.24, 2.45) is 5.92 Å². The fourth-order valence-electron chi connectivity index (χ4n) is 2.57. The molecule has 0 aromatic heterocycles. The summed E-state index contributed by atoms with van der Waals surface area (Å²) in [5.74, 6) is -0.685. The van der Waals surface area contributed by atoms with Crippen LogP contribution >= 0.6 is 0 Å². The molecule has 0 bridgehead atoms. The van der Waals surface area contributed by atoms with Gasteiger partial charge in [0.2, 0.25) is 5.91 Å². The molecular formula is C18H28N2O3. The molecule has 5 heteroatoms. The first-order valence-electron chi connectivity index (χ1n) is 8.35. The van der Waals surface area contributed by atoms with Crippen LogP contribution in [0.1, 0.15) is 56.8 Å². The van der Waals surface area contributed by atoms with E-state index in [1.165, 1.54) is 0 Å². The molecule has 1 aromatic rings. The summed E-state index contributed by atoms with van der Waals surface area (Å²) in [5, 5.41) is 8.48. The van der Waals surface area contributed by atoms with Crippen LogP contribution in [0.2, 0.25) is 0 Å². The van der Waals surface area contributed by atoms with Crippen LogP contribution in [0.3, 0.4) is 0 Å². The van der Waals surface area contributed by atoms with E-state index in [1.54, 1.807) is 12.4 Å². The third kappa shape index (κ3) is 6.02. The van der Waals surface area contributed by atoms with Gasteiger partial charge in [0.25, 0.3) is 0 Å². The number of carbonyl (C=O) groups is 2. The van der Waals surface area contributed by atoms with Gasteiger partial charge in [0.05, 0.1) is 0 Å². The van der Waals surface area contributed by atoms with Crippen LogP contribution in [0.15, 0.2) is 24.3 Å². The molecule has 1 aromatic carbocycles. The van der Waals surface area contributed by atoms with E-state index in [2.05, 4.69) is 18.7 Å². The number of ketones is 1. The van der Waals surface area contributed by atoms with Crippen LogP contribution in [0.25, 0.3) is 0 Å². The summed E-state index contributed by atoms with van der Waals surface area (Å²) < 4.78 is 0. The van der Waals surface area contributed by atoms with Crippen molar-refractivity contribution in [1.29, 1.82) is 0 Å². The second-order valence-electron chi connectivity index (χ2n) is 5.87. The molecule has 1 rings (SSSR count). The van der Waals surface area contributed by atoms with E-state index in [-0.39, 0.29) is 18.1 Å². The van der Waals surface area contributed by atoms with Gasteiger partial charge in [-0.25, -0.2) is 5.48 Å². The Hall–Kier alpha value is -1.88. The number of hydrogen-bond acceptors (Lipinski definition) is 4. The summed E-state index contributed by atoms with van der Waals surface area (Å²) >= 11 is 0. The molecule has 5 nitrogen and oxygen atoms in total. The number of Topliss-reactive ketones (excluding diaryl/α,β-unsaturated/α-hetero) is 1. The van der Waals surface area contributed by atoms with Crippen molar-refractivity contribution >= 4 is 17.4 Å². The zero-order chi connectivity index (χ0) is 17.2. The highest BCUT2D eigenvalue weighted by Crippen LogP contribution is 2.19. The van der Waals surface area contributed by atoms with Crippen LogP contribution in [0.5, 0.6) is 0 Å². The maximum atomic E-state index is 12.4. The van der Waals surface area contributed by atoms with Crippen molar-refractivity contribution < 1.29 is 14.8 Å². The average molecular weight is 320 g/mol. The molecule has 0 radical (unpaired) electrons. The molecule has 1 atom stereocenters. The summed E-state index contributed by atoms with van der Waals surface area (Å²) in [7, 11) is 0. The van der Waals surface area contributed by atoms with Crippen molar-refractivity contribution in [2.75, 3.05) is 18.0 Å². The zero-order valence-electron chi connectivity index (χ0n) is 14.3. The SMILES string of the molecule is CCCN(CCC)c1ccc(C(=O)C(C)CCC(=O)NO)cc1. The Bertz CT molecular complexity index is 493. The van der Waals surface area contributed by atoms with E-state index >= 15 is 0 Å². The summed E-state index contributed by atoms with van der Waals surface area (Å²) in [4.78, 5) is 25.7. The molecule has 1 unspecified atom stereocenters. The lowest BCUT2D eigenvalue weighted by atomic mass is 9.95. The Kier molecular flexibility index (Phi) is 8.33. The third-order valence-corrected chi connectivity index (χ3v) is 3.88. The summed E-state index contributed by atoms with van der Waals surface area (Å²) in [5.41, 5.74) is 3.39. The van der Waals surface area contributed by atoms with E-state index in [1.807, 2.05) is 24.3 Å². The zero-order valence-corrected chi connectivity index (χ0v) is 14.3. The molecule has 0 fully saturated rings. The number of amides is 1. The van der Waals surface area contributed by atoms with Gasteiger partial charge in [-0.1, -0.05) is 20.8 Å². The number of hydroxylamine groups is 1. The lowest BCUT2D eigenvalue weighted by Gasteiger charge is -2.24. The molecule has 23 heavy (non-hydrogen) atoms. The maximum absolute atomic E-state index is 12.4. The van der Waals surface area contributed by atoms with Crippen LogP contribution in [0, 0.1) is 5.92 Å². The quantitative estimate of drug-likeness (QED) is 0.394. The molecule has 1 amide bonds. The molecule has 0 aliphatic heterocycles. The first kappa shape index (κ1) is 19.2. The summed E-state index contributed by atoms with van der Waals surface area (Å²) in [6, 6.07) is 7.70. The van der Waals surface area contributed by atoms with Crippen molar-refractivity contribution in [3.63, 3.8) is 0 Å². The number of hydrogen-bond donors (Lipinski definition) is 2. The van der Waals surface area contributed by atoms with Gasteiger partial charge in [-0.05, 0) is 43.5 Å². The van der Waals surface area contributed by atoms with Gasteiger partial charge in [-0.2, -0.15) is 0 Å². The van der Waals surface area contributed by atoms with Gasteiger partial charge in [0, 0.05) is 36.7 Å². The summed E-state index contributed by atoms with van der Waals surface area (Å²) in [6.07, 6.45) is 2.74. The number of nitrogens with one attached hydrogen (secondary N) is 1. The molecule has 0 saturated carbocycles. The van der Waals surface area contributed by atoms with Crippen molar-refractivity contribution in [2.45, 2.75) is 46.5 Å². The average Bonchev–Trinajstić information content (AvgIpc) is 2.58. The second kappa shape index (κ2) is 10.0. The number of benzene rings is 1. The van der Waals surface area contributed by atoms with E-state index in [0.717, 1.165) is 31.6 Å². The Morgan fingerprint density at radius 3 is 2.17 bits per heavy atom. The minimum absolute atomic E-state index is 0.0276. The molecule has 128 valence electrons. The van der Waals surface area contributed by atoms with Crippen LogP contribution < -0.4 is 10.4 Å². The Morgan fingerprint density at radius 2 is 1.70 bits per heavy atom. The minimum Gasteiger partial charge on any atom is -0.372 e. The van der Waals surface area contributed by atoms with Crippen LogP contribution in [-0.2, 0) is 4.79 Å². The first-order chi connectivity index (χ1) is 11.0. The van der Waals surface area contributed by atoms with Gasteiger partial charge in [-0.3, -0.25) is 14.8 Å². The molecular weight excluding hydrogens is 292 g/mol. The molecule has 0 aliphatic carbocycles. The highest BCUT2D eigenvalue weighted by Gasteiger charge is 2.17. The van der Waals surface area contributed by atoms with Crippen molar-refractivity contribution in [3.8, 4) is 0 Å². The molecule has 2 N–H and O–H groups in total. The van der Waals surface area contributed by atoms with Gasteiger partial charge < -0.3 is 4.90 Å². The second-order valence-corrected chi connectivity index (χ2v) is 5.87. The molecule has 0 spiro atoms. The number of nitrogens with zero attached hydrogens (tertiary/aromatic N) is 1. The van der Waals surface area contributed by atoms with Crippen LogP contribution in [0.4, 0.5) is 5.69 Å². The highest BCUT2D eigenvalue weighted by molar-refractivity contribution is 5.98. The Labute approximate surface area is 138 Å². The molecule has 0 heterocycles. The largest absolute Gasteiger partial charge is 0.372 e. The Balaban J connectivity index is 2.70. The lowest BCUT2D eigenvalue weighted by Crippen LogP contribution is -2.25.